The molecule has 0 aliphatic rings. The summed E-state index contributed by atoms with van der Waals surface area (Å²) in [5.41, 5.74) is 0.575. The minimum absolute atomic E-state index is 0.179. The fourth-order valence-electron chi connectivity index (χ4n) is 0.636. The molecular weight excluding hydrogens is 155 g/mol. The van der Waals surface area contributed by atoms with Gasteiger partial charge in [-0.3, -0.25) is 0 Å². The average molecular weight is 161 g/mol. The first-order chi connectivity index (χ1) is 4.63. The predicted molar refractivity (Wildman–Crippen MR) is 37.8 cm³/mol. The van der Waals surface area contributed by atoms with Crippen molar-refractivity contribution in [1.82, 2.24) is 0 Å². The summed E-state index contributed by atoms with van der Waals surface area (Å²) in [7, 11) is 0. The zero-order chi connectivity index (χ0) is 7.72. The fourth-order valence-corrected chi connectivity index (χ4v) is 0.849. The van der Waals surface area contributed by atoms with Gasteiger partial charge in [-0.1, -0.05) is 17.7 Å². The number of phenolic OH excluding ortho intramolecular Hbond substituents is 1. The molecule has 54 valence electrons. The second-order valence-corrected chi connectivity index (χ2v) is 2.40. The van der Waals surface area contributed by atoms with Crippen molar-refractivity contribution in [2.45, 2.75) is 6.92 Å². The van der Waals surface area contributed by atoms with E-state index in [0.29, 0.717) is 5.56 Å². The summed E-state index contributed by atoms with van der Waals surface area (Å²) in [4.78, 5) is 0. The van der Waals surface area contributed by atoms with Crippen molar-refractivity contribution in [3.63, 3.8) is 0 Å². The van der Waals surface area contributed by atoms with Crippen LogP contribution in [0.15, 0.2) is 12.1 Å². The van der Waals surface area contributed by atoms with Crippen LogP contribution in [-0.4, -0.2) is 5.11 Å². The van der Waals surface area contributed by atoms with E-state index in [4.69, 9.17) is 16.7 Å². The summed E-state index contributed by atoms with van der Waals surface area (Å²) in [5, 5.41) is 8.81. The summed E-state index contributed by atoms with van der Waals surface area (Å²) < 4.78 is 12.5. The Kier molecular flexibility index (Phi) is 1.81. The monoisotopic (exact) mass is 160 g/mol. The molecule has 0 saturated heterocycles. The van der Waals surface area contributed by atoms with Gasteiger partial charge in [-0.15, -0.1) is 0 Å². The quantitative estimate of drug-likeness (QED) is 0.618. The van der Waals surface area contributed by atoms with E-state index in [9.17, 15) is 4.39 Å². The second-order valence-electron chi connectivity index (χ2n) is 2.03. The van der Waals surface area contributed by atoms with Crippen molar-refractivity contribution in [1.29, 1.82) is 0 Å². The van der Waals surface area contributed by atoms with Crippen LogP contribution in [0.1, 0.15) is 5.56 Å². The van der Waals surface area contributed by atoms with Crippen LogP contribution < -0.4 is 0 Å². The van der Waals surface area contributed by atoms with Crippen molar-refractivity contribution in [2.24, 2.45) is 0 Å². The molecule has 1 N–H and O–H groups in total. The SMILES string of the molecule is Cc1ccc(F)c(Cl)c1O. The first kappa shape index (κ1) is 7.35. The molecular formula is C7H6ClFO. The first-order valence-electron chi connectivity index (χ1n) is 2.76. The van der Waals surface area contributed by atoms with E-state index >= 15 is 0 Å². The summed E-state index contributed by atoms with van der Waals surface area (Å²) in [6.45, 7) is 1.65. The van der Waals surface area contributed by atoms with Gasteiger partial charge in [0.25, 0.3) is 0 Å². The average Bonchev–Trinajstić information content (AvgIpc) is 1.93. The molecule has 1 rings (SSSR count). The Morgan fingerprint density at radius 1 is 1.50 bits per heavy atom. The molecule has 0 radical (unpaired) electrons. The third-order valence-corrected chi connectivity index (χ3v) is 1.63. The van der Waals surface area contributed by atoms with Crippen molar-refractivity contribution in [3.8, 4) is 5.75 Å². The maximum absolute atomic E-state index is 12.5. The van der Waals surface area contributed by atoms with E-state index in [1.165, 1.54) is 12.1 Å². The van der Waals surface area contributed by atoms with Crippen LogP contribution in [-0.2, 0) is 0 Å². The van der Waals surface area contributed by atoms with Crippen LogP contribution in [0.25, 0.3) is 0 Å². The van der Waals surface area contributed by atoms with Crippen molar-refractivity contribution in [2.75, 3.05) is 0 Å². The van der Waals surface area contributed by atoms with E-state index in [-0.39, 0.29) is 10.8 Å². The summed E-state index contributed by atoms with van der Waals surface area (Å²) in [5.74, 6) is -0.772. The lowest BCUT2D eigenvalue weighted by Crippen LogP contribution is -1.80. The molecule has 0 aliphatic heterocycles. The Morgan fingerprint density at radius 3 is 2.60 bits per heavy atom. The predicted octanol–water partition coefficient (Wildman–Crippen LogP) is 2.49. The van der Waals surface area contributed by atoms with Gasteiger partial charge in [-0.2, -0.15) is 0 Å². The first-order valence-corrected chi connectivity index (χ1v) is 3.14. The maximum Gasteiger partial charge on any atom is 0.145 e. The van der Waals surface area contributed by atoms with Gasteiger partial charge in [0.15, 0.2) is 0 Å². The molecule has 3 heteroatoms. The molecule has 0 spiro atoms. The lowest BCUT2D eigenvalue weighted by Gasteiger charge is -1.99. The standard InChI is InChI=1S/C7H6ClFO/c1-4-2-3-5(9)6(8)7(4)10/h2-3,10H,1H3. The number of benzene rings is 1. The molecule has 10 heavy (non-hydrogen) atoms. The van der Waals surface area contributed by atoms with E-state index in [2.05, 4.69) is 0 Å². The van der Waals surface area contributed by atoms with E-state index in [1.807, 2.05) is 0 Å². The highest BCUT2D eigenvalue weighted by Crippen LogP contribution is 2.28. The summed E-state index contributed by atoms with van der Waals surface area (Å²) >= 11 is 5.36. The van der Waals surface area contributed by atoms with E-state index in [0.717, 1.165) is 0 Å². The molecule has 0 amide bonds. The molecule has 0 atom stereocenters. The normalized spacial score (nSPS) is 9.90. The van der Waals surface area contributed by atoms with Gasteiger partial charge in [0.05, 0.1) is 0 Å². The Hall–Kier alpha value is -0.760. The Balaban J connectivity index is 3.34. The number of halogens is 2. The third kappa shape index (κ3) is 1.07. The number of aryl methyl sites for hydroxylation is 1. The molecule has 1 aromatic carbocycles. The molecule has 1 aromatic rings. The van der Waals surface area contributed by atoms with Gasteiger partial charge < -0.3 is 5.11 Å². The Labute approximate surface area is 63.1 Å². The summed E-state index contributed by atoms with van der Waals surface area (Å²) in [6, 6.07) is 2.69. The summed E-state index contributed by atoms with van der Waals surface area (Å²) in [6.07, 6.45) is 0. The van der Waals surface area contributed by atoms with Gasteiger partial charge >= 0.3 is 0 Å². The van der Waals surface area contributed by atoms with Crippen LogP contribution in [0.3, 0.4) is 0 Å². The highest BCUT2D eigenvalue weighted by Gasteiger charge is 2.06. The van der Waals surface area contributed by atoms with Gasteiger partial charge in [0, 0.05) is 0 Å². The zero-order valence-electron chi connectivity index (χ0n) is 5.36. The topological polar surface area (TPSA) is 20.2 Å². The van der Waals surface area contributed by atoms with Crippen LogP contribution >= 0.6 is 11.6 Å². The van der Waals surface area contributed by atoms with Gasteiger partial charge in [0.2, 0.25) is 0 Å². The number of rotatable bonds is 0. The van der Waals surface area contributed by atoms with Crippen LogP contribution in [0, 0.1) is 12.7 Å². The number of hydrogen-bond donors (Lipinski definition) is 1. The highest BCUT2D eigenvalue weighted by molar-refractivity contribution is 6.32. The van der Waals surface area contributed by atoms with Crippen molar-refractivity contribution in [3.05, 3.63) is 28.5 Å². The van der Waals surface area contributed by atoms with Gasteiger partial charge in [-0.05, 0) is 18.6 Å². The van der Waals surface area contributed by atoms with Crippen LogP contribution in [0.5, 0.6) is 5.75 Å². The number of aromatic hydroxyl groups is 1. The van der Waals surface area contributed by atoms with Crippen LogP contribution in [0.2, 0.25) is 5.02 Å². The zero-order valence-corrected chi connectivity index (χ0v) is 6.11. The number of hydrogen-bond acceptors (Lipinski definition) is 1. The van der Waals surface area contributed by atoms with Gasteiger partial charge in [0.1, 0.15) is 16.6 Å². The minimum Gasteiger partial charge on any atom is -0.506 e. The van der Waals surface area contributed by atoms with E-state index in [1.54, 1.807) is 6.92 Å². The molecule has 0 heterocycles. The largest absolute Gasteiger partial charge is 0.506 e. The number of phenols is 1. The molecule has 0 saturated carbocycles. The molecule has 0 unspecified atom stereocenters. The molecule has 0 bridgehead atoms. The Morgan fingerprint density at radius 2 is 2.10 bits per heavy atom. The smallest absolute Gasteiger partial charge is 0.145 e. The van der Waals surface area contributed by atoms with Gasteiger partial charge in [-0.25, -0.2) is 4.39 Å². The Bertz CT molecular complexity index is 233. The minimum atomic E-state index is -0.593. The third-order valence-electron chi connectivity index (χ3n) is 1.27. The van der Waals surface area contributed by atoms with Crippen molar-refractivity contribution < 1.29 is 9.50 Å². The molecule has 0 aromatic heterocycles. The van der Waals surface area contributed by atoms with E-state index < -0.39 is 5.82 Å². The molecule has 0 aliphatic carbocycles. The lowest BCUT2D eigenvalue weighted by atomic mass is 10.2. The molecule has 0 fully saturated rings. The molecule has 1 nitrogen and oxygen atoms in total. The highest BCUT2D eigenvalue weighted by atomic mass is 35.5. The lowest BCUT2D eigenvalue weighted by molar-refractivity contribution is 0.465. The van der Waals surface area contributed by atoms with Crippen molar-refractivity contribution >= 4 is 11.6 Å². The maximum atomic E-state index is 12.5. The van der Waals surface area contributed by atoms with Crippen LogP contribution in [0.4, 0.5) is 4.39 Å². The fraction of sp³-hybridized carbons (Fsp3) is 0.143. The second kappa shape index (κ2) is 2.46.